The maximum absolute atomic E-state index is 12.9. The number of nitrogens with zero attached hydrogens (tertiary/aromatic N) is 1. The third kappa shape index (κ3) is 4.80. The summed E-state index contributed by atoms with van der Waals surface area (Å²) in [6.07, 6.45) is 0. The zero-order valence-electron chi connectivity index (χ0n) is 16.0. The number of ether oxygens (including phenoxy) is 1. The molecule has 2 aromatic rings. The fourth-order valence-corrected chi connectivity index (χ4v) is 4.75. The highest BCUT2D eigenvalue weighted by Crippen LogP contribution is 2.27. The summed E-state index contributed by atoms with van der Waals surface area (Å²) in [5.41, 5.74) is 2.75. The van der Waals surface area contributed by atoms with Crippen molar-refractivity contribution in [2.45, 2.75) is 25.7 Å². The van der Waals surface area contributed by atoms with Gasteiger partial charge in [-0.05, 0) is 50.1 Å². The van der Waals surface area contributed by atoms with Crippen LogP contribution >= 0.6 is 11.6 Å². The van der Waals surface area contributed by atoms with Crippen molar-refractivity contribution >= 4 is 33.2 Å². The quantitative estimate of drug-likeness (QED) is 0.790. The van der Waals surface area contributed by atoms with Crippen molar-refractivity contribution in [2.24, 2.45) is 0 Å². The highest BCUT2D eigenvalue weighted by atomic mass is 35.5. The van der Waals surface area contributed by atoms with Crippen LogP contribution in [-0.4, -0.2) is 39.3 Å². The van der Waals surface area contributed by atoms with Gasteiger partial charge < -0.3 is 10.1 Å². The van der Waals surface area contributed by atoms with E-state index in [0.717, 1.165) is 9.87 Å². The number of amides is 1. The molecule has 27 heavy (non-hydrogen) atoms. The van der Waals surface area contributed by atoms with E-state index in [1.54, 1.807) is 32.0 Å². The summed E-state index contributed by atoms with van der Waals surface area (Å²) in [6, 6.07) is 8.42. The molecule has 8 heteroatoms. The topological polar surface area (TPSA) is 75.7 Å². The number of carbonyl (C=O) groups is 1. The molecule has 0 radical (unpaired) electrons. The number of nitrogens with one attached hydrogen (secondary N) is 1. The molecule has 0 aromatic heterocycles. The van der Waals surface area contributed by atoms with Crippen LogP contribution in [0.1, 0.15) is 16.7 Å². The third-order valence-corrected chi connectivity index (χ3v) is 6.48. The van der Waals surface area contributed by atoms with Crippen LogP contribution in [0.2, 0.25) is 5.02 Å². The van der Waals surface area contributed by atoms with E-state index in [9.17, 15) is 13.2 Å². The molecule has 0 bridgehead atoms. The first kappa shape index (κ1) is 21.2. The summed E-state index contributed by atoms with van der Waals surface area (Å²) in [4.78, 5) is 12.5. The van der Waals surface area contributed by atoms with Crippen molar-refractivity contribution in [3.05, 3.63) is 52.0 Å². The molecule has 0 aliphatic heterocycles. The van der Waals surface area contributed by atoms with E-state index >= 15 is 0 Å². The van der Waals surface area contributed by atoms with Gasteiger partial charge in [-0.2, -0.15) is 4.31 Å². The number of aryl methyl sites for hydroxylation is 3. The second-order valence-corrected chi connectivity index (χ2v) is 8.78. The van der Waals surface area contributed by atoms with E-state index in [1.165, 1.54) is 14.2 Å². The van der Waals surface area contributed by atoms with E-state index in [4.69, 9.17) is 16.3 Å². The lowest BCUT2D eigenvalue weighted by Crippen LogP contribution is -2.35. The molecule has 1 amide bonds. The van der Waals surface area contributed by atoms with Gasteiger partial charge in [-0.15, -0.1) is 0 Å². The number of rotatable bonds is 6. The van der Waals surface area contributed by atoms with E-state index < -0.39 is 15.9 Å². The monoisotopic (exact) mass is 410 g/mol. The Bertz CT molecular complexity index is 951. The van der Waals surface area contributed by atoms with Crippen LogP contribution in [-0.2, 0) is 14.8 Å². The average molecular weight is 411 g/mol. The van der Waals surface area contributed by atoms with Gasteiger partial charge in [-0.3, -0.25) is 4.79 Å². The predicted octanol–water partition coefficient (Wildman–Crippen LogP) is 3.53. The second kappa shape index (κ2) is 8.29. The van der Waals surface area contributed by atoms with Gasteiger partial charge in [0.25, 0.3) is 0 Å². The van der Waals surface area contributed by atoms with Crippen molar-refractivity contribution in [3.63, 3.8) is 0 Å². The summed E-state index contributed by atoms with van der Waals surface area (Å²) >= 11 is 6.04. The number of sulfonamides is 1. The van der Waals surface area contributed by atoms with Crippen molar-refractivity contribution in [1.82, 2.24) is 4.31 Å². The fraction of sp³-hybridized carbons (Fsp3) is 0.316. The van der Waals surface area contributed by atoms with Crippen LogP contribution in [0.15, 0.2) is 35.2 Å². The summed E-state index contributed by atoms with van der Waals surface area (Å²) in [6.45, 7) is 5.09. The number of hydrogen-bond acceptors (Lipinski definition) is 4. The Morgan fingerprint density at radius 3 is 2.26 bits per heavy atom. The number of carbonyl (C=O) groups excluding carboxylic acids is 1. The first-order valence-corrected chi connectivity index (χ1v) is 10.1. The molecule has 0 aliphatic rings. The standard InChI is InChI=1S/C19H23ClN2O4S/c1-12-8-13(2)19(14(3)9-12)27(24,25)22(4)11-18(23)21-15-6-7-17(26-5)16(20)10-15/h6-10H,11H2,1-5H3,(H,21,23). The zero-order chi connectivity index (χ0) is 20.4. The Morgan fingerprint density at radius 1 is 1.15 bits per heavy atom. The third-order valence-electron chi connectivity index (χ3n) is 4.07. The van der Waals surface area contributed by atoms with Crippen molar-refractivity contribution in [3.8, 4) is 5.75 Å². The molecule has 6 nitrogen and oxygen atoms in total. The highest BCUT2D eigenvalue weighted by molar-refractivity contribution is 7.89. The van der Waals surface area contributed by atoms with Crippen LogP contribution in [0.5, 0.6) is 5.75 Å². The molecular weight excluding hydrogens is 388 g/mol. The van der Waals surface area contributed by atoms with Crippen molar-refractivity contribution in [2.75, 3.05) is 26.0 Å². The Morgan fingerprint density at radius 2 is 1.74 bits per heavy atom. The Kier molecular flexibility index (Phi) is 6.51. The maximum atomic E-state index is 12.9. The lowest BCUT2D eigenvalue weighted by Gasteiger charge is -2.20. The molecule has 0 fully saturated rings. The van der Waals surface area contributed by atoms with Gasteiger partial charge in [0.2, 0.25) is 15.9 Å². The van der Waals surface area contributed by atoms with Gasteiger partial charge in [-0.1, -0.05) is 29.3 Å². The van der Waals surface area contributed by atoms with Crippen LogP contribution in [0, 0.1) is 20.8 Å². The van der Waals surface area contributed by atoms with Crippen LogP contribution in [0.4, 0.5) is 5.69 Å². The van der Waals surface area contributed by atoms with Crippen LogP contribution < -0.4 is 10.1 Å². The van der Waals surface area contributed by atoms with E-state index in [0.29, 0.717) is 27.6 Å². The number of halogens is 1. The van der Waals surface area contributed by atoms with Crippen LogP contribution in [0.25, 0.3) is 0 Å². The zero-order valence-corrected chi connectivity index (χ0v) is 17.5. The number of hydrogen-bond donors (Lipinski definition) is 1. The molecule has 0 atom stereocenters. The number of methoxy groups -OCH3 is 1. The predicted molar refractivity (Wildman–Crippen MR) is 107 cm³/mol. The molecule has 2 rings (SSSR count). The maximum Gasteiger partial charge on any atom is 0.243 e. The smallest absolute Gasteiger partial charge is 0.243 e. The lowest BCUT2D eigenvalue weighted by atomic mass is 10.1. The summed E-state index contributed by atoms with van der Waals surface area (Å²) in [5, 5.41) is 2.99. The molecule has 1 N–H and O–H groups in total. The minimum absolute atomic E-state index is 0.232. The lowest BCUT2D eigenvalue weighted by molar-refractivity contribution is -0.116. The van der Waals surface area contributed by atoms with Gasteiger partial charge >= 0.3 is 0 Å². The fourth-order valence-electron chi connectivity index (χ4n) is 2.96. The number of likely N-dealkylation sites (N-methyl/N-ethyl adjacent to an activating group) is 1. The summed E-state index contributed by atoms with van der Waals surface area (Å²) < 4.78 is 31.9. The number of anilines is 1. The molecule has 0 heterocycles. The van der Waals surface area contributed by atoms with Crippen molar-refractivity contribution in [1.29, 1.82) is 0 Å². The average Bonchev–Trinajstić information content (AvgIpc) is 2.53. The highest BCUT2D eigenvalue weighted by Gasteiger charge is 2.26. The van der Waals surface area contributed by atoms with Gasteiger partial charge in [-0.25, -0.2) is 8.42 Å². The first-order valence-electron chi connectivity index (χ1n) is 8.24. The van der Waals surface area contributed by atoms with Crippen LogP contribution in [0.3, 0.4) is 0 Å². The molecule has 0 saturated heterocycles. The summed E-state index contributed by atoms with van der Waals surface area (Å²) in [5.74, 6) is 0.0180. The van der Waals surface area contributed by atoms with E-state index in [1.807, 2.05) is 19.1 Å². The second-order valence-electron chi connectivity index (χ2n) is 6.39. The minimum atomic E-state index is -3.80. The number of benzene rings is 2. The molecule has 2 aromatic carbocycles. The van der Waals surface area contributed by atoms with Gasteiger partial charge in [0, 0.05) is 12.7 Å². The Balaban J connectivity index is 2.17. The van der Waals surface area contributed by atoms with Crippen molar-refractivity contribution < 1.29 is 17.9 Å². The van der Waals surface area contributed by atoms with E-state index in [-0.39, 0.29) is 11.4 Å². The summed E-state index contributed by atoms with van der Waals surface area (Å²) in [7, 11) is -0.919. The molecule has 0 aliphatic carbocycles. The Labute approximate surface area is 165 Å². The SMILES string of the molecule is COc1ccc(NC(=O)CN(C)S(=O)(=O)c2c(C)cc(C)cc2C)cc1Cl. The molecular formula is C19H23ClN2O4S. The molecule has 0 spiro atoms. The Hall–Kier alpha value is -2.09. The van der Waals surface area contributed by atoms with Gasteiger partial charge in [0.1, 0.15) is 5.75 Å². The van der Waals surface area contributed by atoms with Gasteiger partial charge in [0.05, 0.1) is 23.6 Å². The molecule has 146 valence electrons. The van der Waals surface area contributed by atoms with Gasteiger partial charge in [0.15, 0.2) is 0 Å². The largest absolute Gasteiger partial charge is 0.495 e. The molecule has 0 unspecified atom stereocenters. The molecule has 0 saturated carbocycles. The minimum Gasteiger partial charge on any atom is -0.495 e. The first-order chi connectivity index (χ1) is 12.6. The van der Waals surface area contributed by atoms with E-state index in [2.05, 4.69) is 5.32 Å². The normalized spacial score (nSPS) is 11.5.